The van der Waals surface area contributed by atoms with Crippen LogP contribution in [-0.2, 0) is 27.5 Å². The molecule has 3 rings (SSSR count). The molecule has 4 nitrogen and oxygen atoms in total. The zero-order valence-corrected chi connectivity index (χ0v) is 14.0. The summed E-state index contributed by atoms with van der Waals surface area (Å²) in [6.45, 7) is 0. The third kappa shape index (κ3) is 3.74. The summed E-state index contributed by atoms with van der Waals surface area (Å²) in [5.41, 5.74) is 2.31. The molecule has 1 heterocycles. The molecule has 1 aliphatic heterocycles. The number of hydrogen-bond donors (Lipinski definition) is 1. The molecule has 1 N–H and O–H groups in total. The molecule has 0 saturated heterocycles. The Morgan fingerprint density at radius 3 is 2.61 bits per heavy atom. The van der Waals surface area contributed by atoms with Gasteiger partial charge in [-0.15, -0.1) is 0 Å². The van der Waals surface area contributed by atoms with Crippen molar-refractivity contribution in [2.24, 2.45) is 0 Å². The number of hydrogen-bond acceptors (Lipinski definition) is 3. The number of carbonyl (C=O) groups excluding carboxylic acids is 1. The van der Waals surface area contributed by atoms with Crippen molar-refractivity contribution in [3.8, 4) is 0 Å². The Bertz CT molecular complexity index is 845. The lowest BCUT2D eigenvalue weighted by molar-refractivity contribution is -0.115. The van der Waals surface area contributed by atoms with Crippen LogP contribution in [0.2, 0.25) is 5.02 Å². The average molecular weight is 350 g/mol. The van der Waals surface area contributed by atoms with Crippen molar-refractivity contribution in [3.63, 3.8) is 0 Å². The molecule has 0 aliphatic carbocycles. The molecule has 0 aromatic heterocycles. The van der Waals surface area contributed by atoms with E-state index < -0.39 is 9.84 Å². The Hall–Kier alpha value is -1.85. The molecule has 2 aromatic carbocycles. The lowest BCUT2D eigenvalue weighted by atomic mass is 10.0. The number of fused-ring (bicyclic) bond motifs is 1. The second-order valence-corrected chi connectivity index (χ2v) is 8.11. The number of nitrogens with one attached hydrogen (secondary N) is 1. The molecule has 0 fully saturated rings. The van der Waals surface area contributed by atoms with Crippen LogP contribution in [-0.4, -0.2) is 20.1 Å². The van der Waals surface area contributed by atoms with Crippen LogP contribution < -0.4 is 5.32 Å². The van der Waals surface area contributed by atoms with E-state index >= 15 is 0 Å². The topological polar surface area (TPSA) is 63.2 Å². The summed E-state index contributed by atoms with van der Waals surface area (Å²) >= 11 is 5.81. The quantitative estimate of drug-likeness (QED) is 0.925. The fourth-order valence-corrected chi connectivity index (χ4v) is 4.43. The maximum absolute atomic E-state index is 12.1. The fraction of sp³-hybridized carbons (Fsp3) is 0.235. The lowest BCUT2D eigenvalue weighted by Crippen LogP contribution is -2.18. The van der Waals surface area contributed by atoms with Crippen molar-refractivity contribution in [1.82, 2.24) is 0 Å². The van der Waals surface area contributed by atoms with Gasteiger partial charge in [-0.1, -0.05) is 23.7 Å². The van der Waals surface area contributed by atoms with Gasteiger partial charge in [0.1, 0.15) is 0 Å². The summed E-state index contributed by atoms with van der Waals surface area (Å²) in [6.07, 6.45) is 1.58. The zero-order valence-electron chi connectivity index (χ0n) is 12.4. The molecule has 0 radical (unpaired) electrons. The molecule has 0 spiro atoms. The molecule has 1 aliphatic rings. The van der Waals surface area contributed by atoms with Gasteiger partial charge in [0.05, 0.1) is 17.1 Å². The van der Waals surface area contributed by atoms with Gasteiger partial charge in [-0.2, -0.15) is 0 Å². The molecule has 23 heavy (non-hydrogen) atoms. The van der Waals surface area contributed by atoms with Crippen molar-refractivity contribution in [1.29, 1.82) is 0 Å². The molecule has 6 heteroatoms. The normalized spacial score (nSPS) is 15.7. The summed E-state index contributed by atoms with van der Waals surface area (Å²) in [5.74, 6) is 0.0575. The molecule has 0 saturated carbocycles. The van der Waals surface area contributed by atoms with Crippen LogP contribution in [0.25, 0.3) is 0 Å². The van der Waals surface area contributed by atoms with Crippen LogP contribution in [0.5, 0.6) is 0 Å². The minimum atomic E-state index is -3.15. The zero-order chi connectivity index (χ0) is 16.4. The monoisotopic (exact) mass is 349 g/mol. The molecule has 0 atom stereocenters. The maximum Gasteiger partial charge on any atom is 0.228 e. The first-order chi connectivity index (χ1) is 10.9. The average Bonchev–Trinajstić information content (AvgIpc) is 2.49. The summed E-state index contributed by atoms with van der Waals surface area (Å²) in [7, 11) is -3.15. The second kappa shape index (κ2) is 6.34. The first kappa shape index (κ1) is 16.0. The van der Waals surface area contributed by atoms with E-state index in [1.165, 1.54) is 0 Å². The largest absolute Gasteiger partial charge is 0.326 e. The van der Waals surface area contributed by atoms with Gasteiger partial charge in [0.15, 0.2) is 9.84 Å². The second-order valence-electron chi connectivity index (χ2n) is 5.60. The number of carbonyl (C=O) groups is 1. The van der Waals surface area contributed by atoms with Crippen LogP contribution in [0.1, 0.15) is 17.5 Å². The number of benzene rings is 2. The van der Waals surface area contributed by atoms with Crippen LogP contribution in [0, 0.1) is 0 Å². The number of aryl methyl sites for hydroxylation is 1. The summed E-state index contributed by atoms with van der Waals surface area (Å²) < 4.78 is 24.0. The van der Waals surface area contributed by atoms with Gasteiger partial charge in [-0.3, -0.25) is 4.79 Å². The number of amides is 1. The first-order valence-electron chi connectivity index (χ1n) is 7.34. The Labute approximate surface area is 140 Å². The molecular weight excluding hydrogens is 334 g/mol. The van der Waals surface area contributed by atoms with Crippen molar-refractivity contribution >= 4 is 33.0 Å². The molecule has 1 amide bonds. The summed E-state index contributed by atoms with van der Waals surface area (Å²) in [5, 5.41) is 3.41. The van der Waals surface area contributed by atoms with Gasteiger partial charge < -0.3 is 5.32 Å². The van der Waals surface area contributed by atoms with E-state index in [9.17, 15) is 13.2 Å². The Morgan fingerprint density at radius 1 is 1.13 bits per heavy atom. The number of rotatable bonds is 3. The molecule has 2 aromatic rings. The van der Waals surface area contributed by atoms with E-state index in [2.05, 4.69) is 5.32 Å². The maximum atomic E-state index is 12.1. The van der Waals surface area contributed by atoms with Crippen LogP contribution >= 0.6 is 11.6 Å². The van der Waals surface area contributed by atoms with Crippen molar-refractivity contribution in [2.45, 2.75) is 24.2 Å². The van der Waals surface area contributed by atoms with Gasteiger partial charge in [-0.05, 0) is 54.3 Å². The van der Waals surface area contributed by atoms with Crippen molar-refractivity contribution in [2.75, 3.05) is 11.1 Å². The van der Waals surface area contributed by atoms with Crippen molar-refractivity contribution < 1.29 is 13.2 Å². The Morgan fingerprint density at radius 2 is 1.87 bits per heavy atom. The van der Waals surface area contributed by atoms with E-state index in [0.29, 0.717) is 22.0 Å². The van der Waals surface area contributed by atoms with Crippen molar-refractivity contribution in [3.05, 3.63) is 58.6 Å². The summed E-state index contributed by atoms with van der Waals surface area (Å²) in [6, 6.07) is 12.0. The van der Waals surface area contributed by atoms with E-state index in [1.807, 2.05) is 6.07 Å². The van der Waals surface area contributed by atoms with Gasteiger partial charge >= 0.3 is 0 Å². The predicted molar refractivity (Wildman–Crippen MR) is 90.6 cm³/mol. The van der Waals surface area contributed by atoms with Crippen LogP contribution in [0.4, 0.5) is 5.69 Å². The van der Waals surface area contributed by atoms with Gasteiger partial charge in [0, 0.05) is 10.7 Å². The summed E-state index contributed by atoms with van der Waals surface area (Å²) in [4.78, 5) is 12.5. The number of sulfone groups is 1. The highest BCUT2D eigenvalue weighted by Gasteiger charge is 2.23. The third-order valence-corrected chi connectivity index (χ3v) is 5.96. The lowest BCUT2D eigenvalue weighted by Gasteiger charge is -2.17. The van der Waals surface area contributed by atoms with Crippen LogP contribution in [0.3, 0.4) is 0 Å². The standard InChI is InChI=1S/C17H16ClNO3S/c18-14-4-6-15(7-5-14)19-17(20)11-12-3-8-16-13(10-12)2-1-9-23(16,21)22/h3-8,10H,1-2,9,11H2,(H,19,20). The minimum absolute atomic E-state index is 0.147. The Balaban J connectivity index is 1.73. The first-order valence-corrected chi connectivity index (χ1v) is 9.37. The van der Waals surface area contributed by atoms with Gasteiger partial charge in [0.25, 0.3) is 0 Å². The van der Waals surface area contributed by atoms with E-state index in [-0.39, 0.29) is 18.1 Å². The smallest absolute Gasteiger partial charge is 0.228 e. The highest BCUT2D eigenvalue weighted by molar-refractivity contribution is 7.91. The van der Waals surface area contributed by atoms with Crippen LogP contribution in [0.15, 0.2) is 47.4 Å². The van der Waals surface area contributed by atoms with Gasteiger partial charge in [-0.25, -0.2) is 8.42 Å². The van der Waals surface area contributed by atoms with E-state index in [0.717, 1.165) is 17.5 Å². The molecule has 0 unspecified atom stereocenters. The third-order valence-electron chi connectivity index (χ3n) is 3.81. The molecule has 120 valence electrons. The minimum Gasteiger partial charge on any atom is -0.326 e. The fourth-order valence-electron chi connectivity index (χ4n) is 2.73. The van der Waals surface area contributed by atoms with Gasteiger partial charge in [0.2, 0.25) is 5.91 Å². The SMILES string of the molecule is O=C(Cc1ccc2c(c1)CCCS2(=O)=O)Nc1ccc(Cl)cc1. The molecular formula is C17H16ClNO3S. The predicted octanol–water partition coefficient (Wildman–Crippen LogP) is 3.24. The highest BCUT2D eigenvalue weighted by Crippen LogP contribution is 2.26. The highest BCUT2D eigenvalue weighted by atomic mass is 35.5. The van der Waals surface area contributed by atoms with E-state index in [1.54, 1.807) is 36.4 Å². The molecule has 0 bridgehead atoms. The number of anilines is 1. The Kier molecular flexibility index (Phi) is 4.41. The van der Waals surface area contributed by atoms with E-state index in [4.69, 9.17) is 11.6 Å². The number of halogens is 1.